The summed E-state index contributed by atoms with van der Waals surface area (Å²) in [4.78, 5) is 26.1. The Morgan fingerprint density at radius 3 is 2.24 bits per heavy atom. The number of carboxylic acids is 1. The molecule has 5 saturated carbocycles. The van der Waals surface area contributed by atoms with Crippen LogP contribution in [0.15, 0.2) is 0 Å². The summed E-state index contributed by atoms with van der Waals surface area (Å²) in [5.41, 5.74) is 6.45. The average molecular weight is 571 g/mol. The van der Waals surface area contributed by atoms with Gasteiger partial charge in [0, 0.05) is 5.41 Å². The van der Waals surface area contributed by atoms with Crippen molar-refractivity contribution in [3.05, 3.63) is 0 Å². The zero-order chi connectivity index (χ0) is 30.0. The van der Waals surface area contributed by atoms with Gasteiger partial charge in [0.2, 0.25) is 5.91 Å². The van der Waals surface area contributed by atoms with Gasteiger partial charge in [-0.2, -0.15) is 0 Å². The summed E-state index contributed by atoms with van der Waals surface area (Å²) in [6.07, 6.45) is 15.7. The summed E-state index contributed by atoms with van der Waals surface area (Å²) in [6.45, 7) is 18.2. The van der Waals surface area contributed by atoms with Crippen LogP contribution in [-0.2, 0) is 9.59 Å². The maximum atomic E-state index is 14.1. The molecule has 11 atom stereocenters. The van der Waals surface area contributed by atoms with Crippen LogP contribution in [0.2, 0.25) is 0 Å². The second kappa shape index (κ2) is 10.8. The standard InChI is InChI=1S/C36H62N2O3/c1-23(2)24-14-18-32(3)20-21-35(6)25(29(24)32)12-13-28-33(4)16-10-17-34(5,27(33)15-19-36(28,35)7)31(41)38-26(30(39)40)11-8-9-22-37/h23-29H,8-22,37H2,1-7H3,(H,38,41)(H,39,40)/t24-,25+,26-,27+,28+,29+,32+,33-,34-,35+,36+/m0/s1. The normalized spacial score (nSPS) is 48.0. The number of nitrogens with two attached hydrogens (primary N) is 1. The molecule has 4 N–H and O–H groups in total. The SMILES string of the molecule is CC(C)[C@@H]1CC[C@]2(C)CC[C@]3(C)[C@H](CC[C@@H]4[C@@]5(C)CCC[C@](C)(C(=O)N[C@@H](CCCCN)C(=O)O)[C@@H]5CC[C@]43C)[C@@H]12. The molecule has 0 heterocycles. The monoisotopic (exact) mass is 570 g/mol. The fourth-order valence-electron chi connectivity index (χ4n) is 12.9. The van der Waals surface area contributed by atoms with Gasteiger partial charge in [0.15, 0.2) is 0 Å². The van der Waals surface area contributed by atoms with Crippen molar-refractivity contribution in [3.63, 3.8) is 0 Å². The van der Waals surface area contributed by atoms with Gasteiger partial charge in [-0.15, -0.1) is 0 Å². The fourth-order valence-corrected chi connectivity index (χ4v) is 12.9. The lowest BCUT2D eigenvalue weighted by atomic mass is 9.32. The molecule has 5 aliphatic carbocycles. The predicted octanol–water partition coefficient (Wildman–Crippen LogP) is 7.81. The van der Waals surface area contributed by atoms with Gasteiger partial charge in [0.1, 0.15) is 6.04 Å². The molecule has 0 bridgehead atoms. The lowest BCUT2D eigenvalue weighted by Gasteiger charge is -2.72. The Kier molecular flexibility index (Phi) is 8.26. The van der Waals surface area contributed by atoms with Crippen LogP contribution in [0.4, 0.5) is 0 Å². The number of hydrogen-bond acceptors (Lipinski definition) is 3. The van der Waals surface area contributed by atoms with E-state index in [4.69, 9.17) is 5.73 Å². The summed E-state index contributed by atoms with van der Waals surface area (Å²) >= 11 is 0. The Morgan fingerprint density at radius 1 is 0.854 bits per heavy atom. The maximum absolute atomic E-state index is 14.1. The number of carbonyl (C=O) groups excluding carboxylic acids is 1. The van der Waals surface area contributed by atoms with Crippen molar-refractivity contribution in [3.8, 4) is 0 Å². The summed E-state index contributed by atoms with van der Waals surface area (Å²) in [6, 6.07) is -0.820. The first-order valence-corrected chi connectivity index (χ1v) is 17.4. The topological polar surface area (TPSA) is 92.4 Å². The minimum Gasteiger partial charge on any atom is -0.480 e. The zero-order valence-corrected chi connectivity index (χ0v) is 27.5. The first-order chi connectivity index (χ1) is 19.2. The molecule has 41 heavy (non-hydrogen) atoms. The first kappa shape index (κ1) is 31.3. The maximum Gasteiger partial charge on any atom is 0.326 e. The Hall–Kier alpha value is -1.10. The molecule has 5 aliphatic rings. The number of rotatable bonds is 8. The van der Waals surface area contributed by atoms with Gasteiger partial charge >= 0.3 is 5.97 Å². The van der Waals surface area contributed by atoms with Gasteiger partial charge in [0.25, 0.3) is 0 Å². The number of nitrogens with one attached hydrogen (secondary N) is 1. The molecule has 0 aromatic heterocycles. The van der Waals surface area contributed by atoms with E-state index >= 15 is 0 Å². The summed E-state index contributed by atoms with van der Waals surface area (Å²) in [5.74, 6) is 3.32. The fraction of sp³-hybridized carbons (Fsp3) is 0.944. The van der Waals surface area contributed by atoms with E-state index < -0.39 is 17.4 Å². The van der Waals surface area contributed by atoms with E-state index in [1.54, 1.807) is 0 Å². The zero-order valence-electron chi connectivity index (χ0n) is 27.5. The number of carboxylic acid groups (broad SMARTS) is 1. The van der Waals surface area contributed by atoms with E-state index in [0.29, 0.717) is 41.0 Å². The van der Waals surface area contributed by atoms with E-state index in [9.17, 15) is 14.7 Å². The highest BCUT2D eigenvalue weighted by atomic mass is 16.4. The van der Waals surface area contributed by atoms with Crippen molar-refractivity contribution in [2.24, 2.45) is 68.3 Å². The van der Waals surface area contributed by atoms with Gasteiger partial charge in [-0.3, -0.25) is 4.79 Å². The third-order valence-electron chi connectivity index (χ3n) is 15.3. The smallest absolute Gasteiger partial charge is 0.326 e. The minimum atomic E-state index is -0.920. The molecule has 1 amide bonds. The Balaban J connectivity index is 1.42. The Labute approximate surface area is 250 Å². The van der Waals surface area contributed by atoms with Crippen LogP contribution < -0.4 is 11.1 Å². The molecule has 5 nitrogen and oxygen atoms in total. The van der Waals surface area contributed by atoms with Gasteiger partial charge in [-0.05, 0) is 147 Å². The molecule has 0 aliphatic heterocycles. The molecule has 234 valence electrons. The highest BCUT2D eigenvalue weighted by Crippen LogP contribution is 2.77. The number of unbranched alkanes of at least 4 members (excludes halogenated alkanes) is 1. The minimum absolute atomic E-state index is 0.0174. The molecule has 0 aromatic carbocycles. The molecule has 0 spiro atoms. The van der Waals surface area contributed by atoms with E-state index in [2.05, 4.69) is 53.8 Å². The second-order valence-electron chi connectivity index (χ2n) is 17.2. The van der Waals surface area contributed by atoms with Crippen molar-refractivity contribution >= 4 is 11.9 Å². The van der Waals surface area contributed by atoms with E-state index in [1.165, 1.54) is 51.4 Å². The first-order valence-electron chi connectivity index (χ1n) is 17.4. The lowest BCUT2D eigenvalue weighted by Crippen LogP contribution is -2.67. The van der Waals surface area contributed by atoms with Gasteiger partial charge in [-0.25, -0.2) is 4.79 Å². The van der Waals surface area contributed by atoms with Crippen LogP contribution in [0.5, 0.6) is 0 Å². The molecule has 0 saturated heterocycles. The van der Waals surface area contributed by atoms with Crippen molar-refractivity contribution < 1.29 is 14.7 Å². The average Bonchev–Trinajstić information content (AvgIpc) is 3.26. The number of carbonyl (C=O) groups is 2. The van der Waals surface area contributed by atoms with E-state index in [0.717, 1.165) is 55.8 Å². The molecule has 5 fully saturated rings. The number of fused-ring (bicyclic) bond motifs is 7. The molecule has 0 unspecified atom stereocenters. The van der Waals surface area contributed by atoms with Crippen LogP contribution in [-0.4, -0.2) is 29.6 Å². The third-order valence-corrected chi connectivity index (χ3v) is 15.3. The molecular weight excluding hydrogens is 508 g/mol. The Bertz CT molecular complexity index is 1010. The number of aliphatic carboxylic acids is 1. The van der Waals surface area contributed by atoms with Crippen LogP contribution in [0.25, 0.3) is 0 Å². The van der Waals surface area contributed by atoms with Crippen LogP contribution in [0.1, 0.15) is 138 Å². The molecule has 5 rings (SSSR count). The predicted molar refractivity (Wildman–Crippen MR) is 166 cm³/mol. The van der Waals surface area contributed by atoms with Gasteiger partial charge in [0.05, 0.1) is 0 Å². The largest absolute Gasteiger partial charge is 0.480 e. The van der Waals surface area contributed by atoms with Crippen LogP contribution >= 0.6 is 0 Å². The number of amides is 1. The van der Waals surface area contributed by atoms with Crippen molar-refractivity contribution in [1.82, 2.24) is 5.32 Å². The number of hydrogen-bond donors (Lipinski definition) is 3. The summed E-state index contributed by atoms with van der Waals surface area (Å²) < 4.78 is 0. The van der Waals surface area contributed by atoms with E-state index in [-0.39, 0.29) is 11.3 Å². The third kappa shape index (κ3) is 4.63. The summed E-state index contributed by atoms with van der Waals surface area (Å²) in [5, 5.41) is 12.9. The Morgan fingerprint density at radius 2 is 1.59 bits per heavy atom. The van der Waals surface area contributed by atoms with Crippen molar-refractivity contribution in [2.75, 3.05) is 6.54 Å². The quantitative estimate of drug-likeness (QED) is 0.260. The highest BCUT2D eigenvalue weighted by molar-refractivity contribution is 5.87. The van der Waals surface area contributed by atoms with E-state index in [1.807, 2.05) is 0 Å². The van der Waals surface area contributed by atoms with Crippen LogP contribution in [0.3, 0.4) is 0 Å². The second-order valence-corrected chi connectivity index (χ2v) is 17.2. The van der Waals surface area contributed by atoms with Crippen LogP contribution in [0, 0.1) is 62.6 Å². The highest BCUT2D eigenvalue weighted by Gasteiger charge is 2.70. The lowest BCUT2D eigenvalue weighted by molar-refractivity contribution is -0.237. The summed E-state index contributed by atoms with van der Waals surface area (Å²) in [7, 11) is 0. The van der Waals surface area contributed by atoms with Crippen molar-refractivity contribution in [1.29, 1.82) is 0 Å². The van der Waals surface area contributed by atoms with Crippen molar-refractivity contribution in [2.45, 2.75) is 144 Å². The van der Waals surface area contributed by atoms with Gasteiger partial charge < -0.3 is 16.2 Å². The molecule has 0 aromatic rings. The molecular formula is C36H62N2O3. The van der Waals surface area contributed by atoms with Gasteiger partial charge in [-0.1, -0.05) is 54.9 Å². The molecule has 0 radical (unpaired) electrons. The molecule has 5 heteroatoms.